The molecule has 0 radical (unpaired) electrons. The molecule has 1 amide bonds. The van der Waals surface area contributed by atoms with E-state index in [0.29, 0.717) is 31.4 Å². The first-order valence-corrected chi connectivity index (χ1v) is 12.2. The summed E-state index contributed by atoms with van der Waals surface area (Å²) in [7, 11) is 0. The summed E-state index contributed by atoms with van der Waals surface area (Å²) in [6.07, 6.45) is 8.90. The molecule has 0 aromatic carbocycles. The topological polar surface area (TPSA) is 94.6 Å². The minimum Gasteiger partial charge on any atom is -0.489 e. The number of Topliss-reactive ketones (excluding diaryl/α,β-unsaturated/α-hetero) is 1. The van der Waals surface area contributed by atoms with Crippen LogP contribution in [0.5, 0.6) is 0 Å². The summed E-state index contributed by atoms with van der Waals surface area (Å²) >= 11 is 0. The van der Waals surface area contributed by atoms with E-state index >= 15 is 0 Å². The Morgan fingerprint density at radius 2 is 2.12 bits per heavy atom. The number of allylic oxidation sites excluding steroid dienone is 3. The number of fused-ring (bicyclic) bond motifs is 3. The molecule has 0 bridgehead atoms. The maximum absolute atomic E-state index is 12.9. The number of aromatic nitrogens is 1. The van der Waals surface area contributed by atoms with Crippen LogP contribution >= 0.6 is 0 Å². The first-order chi connectivity index (χ1) is 16.3. The number of amides is 1. The van der Waals surface area contributed by atoms with Crippen LogP contribution in [0.25, 0.3) is 0 Å². The molecule has 7 heteroatoms. The maximum atomic E-state index is 12.9. The molecule has 1 aromatic rings. The van der Waals surface area contributed by atoms with Crippen LogP contribution in [0.1, 0.15) is 64.4 Å². The highest BCUT2D eigenvalue weighted by molar-refractivity contribution is 6.00. The van der Waals surface area contributed by atoms with E-state index in [1.807, 2.05) is 12.3 Å². The number of hydrogen-bond donors (Lipinski definition) is 1. The molecule has 2 unspecified atom stereocenters. The van der Waals surface area contributed by atoms with Gasteiger partial charge in [-0.2, -0.15) is 0 Å². The first-order valence-electron chi connectivity index (χ1n) is 12.2. The molecule has 1 aromatic heterocycles. The van der Waals surface area contributed by atoms with Gasteiger partial charge in [0.1, 0.15) is 18.0 Å². The number of nitrogens with one attached hydrogen (secondary N) is 1. The Morgan fingerprint density at radius 1 is 1.29 bits per heavy atom. The van der Waals surface area contributed by atoms with E-state index in [0.717, 1.165) is 24.2 Å². The zero-order chi connectivity index (χ0) is 24.0. The van der Waals surface area contributed by atoms with Crippen molar-refractivity contribution in [3.05, 3.63) is 53.1 Å². The van der Waals surface area contributed by atoms with Crippen molar-refractivity contribution in [1.29, 1.82) is 0 Å². The molecule has 6 atom stereocenters. The van der Waals surface area contributed by atoms with Crippen LogP contribution in [0.3, 0.4) is 0 Å². The highest BCUT2D eigenvalue weighted by Gasteiger charge is 2.60. The monoisotopic (exact) mass is 464 g/mol. The van der Waals surface area contributed by atoms with E-state index in [1.54, 1.807) is 6.20 Å². The van der Waals surface area contributed by atoms with Crippen molar-refractivity contribution in [3.8, 4) is 0 Å². The summed E-state index contributed by atoms with van der Waals surface area (Å²) in [4.78, 5) is 40.6. The number of carbonyl (C=O) groups is 3. The molecule has 2 heterocycles. The van der Waals surface area contributed by atoms with Crippen LogP contribution in [-0.2, 0) is 23.9 Å². The number of rotatable bonds is 4. The fourth-order valence-electron chi connectivity index (χ4n) is 6.75. The molecule has 1 N–H and O–H groups in total. The Bertz CT molecular complexity index is 1080. The van der Waals surface area contributed by atoms with Crippen LogP contribution < -0.4 is 5.32 Å². The van der Waals surface area contributed by atoms with Gasteiger partial charge in [0.25, 0.3) is 0 Å². The third-order valence-electron chi connectivity index (χ3n) is 8.25. The second-order valence-corrected chi connectivity index (χ2v) is 10.5. The molecular formula is C27H32N2O5. The van der Waals surface area contributed by atoms with Gasteiger partial charge in [-0.3, -0.25) is 19.4 Å². The lowest BCUT2D eigenvalue weighted by atomic mass is 9.61. The molecule has 1 aliphatic heterocycles. The maximum Gasteiger partial charge on any atom is 0.302 e. The van der Waals surface area contributed by atoms with E-state index in [1.165, 1.54) is 19.4 Å². The third-order valence-corrected chi connectivity index (χ3v) is 8.25. The zero-order valence-corrected chi connectivity index (χ0v) is 20.0. The van der Waals surface area contributed by atoms with Crippen molar-refractivity contribution in [2.75, 3.05) is 6.54 Å². The van der Waals surface area contributed by atoms with Gasteiger partial charge in [0.15, 0.2) is 5.78 Å². The second-order valence-electron chi connectivity index (χ2n) is 10.5. The lowest BCUT2D eigenvalue weighted by Crippen LogP contribution is -2.44. The summed E-state index contributed by atoms with van der Waals surface area (Å²) in [6.45, 7) is 5.71. The summed E-state index contributed by atoms with van der Waals surface area (Å²) in [6, 6.07) is 4.00. The molecule has 3 aliphatic carbocycles. The Kier molecular flexibility index (Phi) is 5.82. The van der Waals surface area contributed by atoms with E-state index in [9.17, 15) is 14.4 Å². The van der Waals surface area contributed by atoms with Crippen molar-refractivity contribution < 1.29 is 23.9 Å². The van der Waals surface area contributed by atoms with E-state index in [-0.39, 0.29) is 53.0 Å². The van der Waals surface area contributed by atoms with Crippen LogP contribution in [0.4, 0.5) is 0 Å². The molecule has 5 rings (SSSR count). The van der Waals surface area contributed by atoms with Crippen molar-refractivity contribution in [2.45, 2.75) is 71.0 Å². The SMILES string of the molecule is CC(=O)NCC1CC(=O)C2=C(C1)O[C@@H]1C(=C2)CC[C@]2(C)[C@@H](c3cccnc3)C(OC(C)=O)C[C@@H]12. The molecule has 180 valence electrons. The van der Waals surface area contributed by atoms with Crippen molar-refractivity contribution in [3.63, 3.8) is 0 Å². The standard InChI is InChI=1S/C27H32N2O5/c1-15(30)29-13-17-9-22(32)20-11-18-6-7-27(3)21(26(18)34-23(20)10-17)12-24(33-16(2)31)25(27)19-5-4-8-28-14-19/h4-5,8,11,14,17,21,24-26H,6-7,9-10,12-13H2,1-3H3,(H,29,30)/t17?,21-,24?,25-,26+,27-/m0/s1. The number of ether oxygens (including phenoxy) is 2. The quantitative estimate of drug-likeness (QED) is 0.684. The molecule has 2 fully saturated rings. The van der Waals surface area contributed by atoms with Crippen LogP contribution in [0, 0.1) is 17.3 Å². The number of carbonyl (C=O) groups excluding carboxylic acids is 3. The van der Waals surface area contributed by atoms with Gasteiger partial charge < -0.3 is 14.8 Å². The summed E-state index contributed by atoms with van der Waals surface area (Å²) in [5.74, 6) is 0.710. The highest BCUT2D eigenvalue weighted by Crippen LogP contribution is 2.62. The van der Waals surface area contributed by atoms with Gasteiger partial charge in [0.05, 0.1) is 5.57 Å². The normalized spacial score (nSPS) is 34.3. The van der Waals surface area contributed by atoms with Gasteiger partial charge in [-0.05, 0) is 53.9 Å². The predicted octanol–water partition coefficient (Wildman–Crippen LogP) is 3.61. The van der Waals surface area contributed by atoms with Crippen LogP contribution in [0.15, 0.2) is 47.5 Å². The molecule has 0 spiro atoms. The number of nitrogens with zero attached hydrogens (tertiary/aromatic N) is 1. The number of pyridine rings is 1. The Labute approximate surface area is 200 Å². The highest BCUT2D eigenvalue weighted by atomic mass is 16.5. The molecular weight excluding hydrogens is 432 g/mol. The predicted molar refractivity (Wildman–Crippen MR) is 124 cm³/mol. The third kappa shape index (κ3) is 3.95. The fourth-order valence-corrected chi connectivity index (χ4v) is 6.75. The molecule has 4 aliphatic rings. The van der Waals surface area contributed by atoms with E-state index in [4.69, 9.17) is 9.47 Å². The Balaban J connectivity index is 1.44. The van der Waals surface area contributed by atoms with Gasteiger partial charge in [0.2, 0.25) is 5.91 Å². The first kappa shape index (κ1) is 22.8. The van der Waals surface area contributed by atoms with Crippen LogP contribution in [-0.4, -0.2) is 41.4 Å². The van der Waals surface area contributed by atoms with Gasteiger partial charge in [-0.1, -0.05) is 13.0 Å². The largest absolute Gasteiger partial charge is 0.489 e. The fraction of sp³-hybridized carbons (Fsp3) is 0.556. The summed E-state index contributed by atoms with van der Waals surface area (Å²) < 4.78 is 12.5. The van der Waals surface area contributed by atoms with Gasteiger partial charge in [-0.15, -0.1) is 0 Å². The van der Waals surface area contributed by atoms with E-state index < -0.39 is 0 Å². The average Bonchev–Trinajstić information content (AvgIpc) is 3.09. The molecule has 7 nitrogen and oxygen atoms in total. The minimum absolute atomic E-state index is 0.0381. The van der Waals surface area contributed by atoms with Crippen molar-refractivity contribution >= 4 is 17.7 Å². The Hall–Kier alpha value is -2.96. The number of hydrogen-bond acceptors (Lipinski definition) is 6. The van der Waals surface area contributed by atoms with Crippen molar-refractivity contribution in [1.82, 2.24) is 10.3 Å². The zero-order valence-electron chi connectivity index (χ0n) is 20.0. The van der Waals surface area contributed by atoms with Crippen LogP contribution in [0.2, 0.25) is 0 Å². The smallest absolute Gasteiger partial charge is 0.302 e. The van der Waals surface area contributed by atoms with Gasteiger partial charge in [0, 0.05) is 57.5 Å². The number of esters is 1. The van der Waals surface area contributed by atoms with Gasteiger partial charge >= 0.3 is 5.97 Å². The summed E-state index contributed by atoms with van der Waals surface area (Å²) in [5.41, 5.74) is 2.83. The minimum atomic E-state index is -0.273. The lowest BCUT2D eigenvalue weighted by Gasteiger charge is -2.48. The lowest BCUT2D eigenvalue weighted by molar-refractivity contribution is -0.147. The second kappa shape index (κ2) is 8.67. The number of ketones is 1. The molecule has 2 saturated carbocycles. The summed E-state index contributed by atoms with van der Waals surface area (Å²) in [5, 5.41) is 2.84. The molecule has 0 saturated heterocycles. The van der Waals surface area contributed by atoms with Gasteiger partial charge in [-0.25, -0.2) is 0 Å². The molecule has 34 heavy (non-hydrogen) atoms. The average molecular weight is 465 g/mol. The van der Waals surface area contributed by atoms with Crippen molar-refractivity contribution in [2.24, 2.45) is 17.3 Å². The van der Waals surface area contributed by atoms with E-state index in [2.05, 4.69) is 29.4 Å². The Morgan fingerprint density at radius 3 is 2.82 bits per heavy atom.